The largest absolute Gasteiger partial charge is 0.438 e. The van der Waals surface area contributed by atoms with Crippen LogP contribution in [0.3, 0.4) is 0 Å². The maximum absolute atomic E-state index is 12.7. The third kappa shape index (κ3) is 5.38. The number of aromatic nitrogens is 1. The summed E-state index contributed by atoms with van der Waals surface area (Å²) in [5.74, 6) is 0.0205. The molecular weight excluding hydrogens is 467 g/mol. The van der Waals surface area contributed by atoms with Crippen LogP contribution < -0.4 is 10.1 Å². The Labute approximate surface area is 186 Å². The summed E-state index contributed by atoms with van der Waals surface area (Å²) in [5.41, 5.74) is -0.570. The van der Waals surface area contributed by atoms with Gasteiger partial charge in [-0.1, -0.05) is 29.8 Å². The maximum Gasteiger partial charge on any atom is 0.417 e. The zero-order valence-corrected chi connectivity index (χ0v) is 17.5. The van der Waals surface area contributed by atoms with Gasteiger partial charge < -0.3 is 10.1 Å². The number of nitrogens with zero attached hydrogens (tertiary/aromatic N) is 2. The molecule has 1 aromatic heterocycles. The second kappa shape index (κ2) is 9.30. The van der Waals surface area contributed by atoms with Gasteiger partial charge in [-0.25, -0.2) is 13.4 Å². The van der Waals surface area contributed by atoms with E-state index in [1.165, 1.54) is 36.4 Å². The Morgan fingerprint density at radius 1 is 1.12 bits per heavy atom. The molecule has 0 atom stereocenters. The quantitative estimate of drug-likeness (QED) is 0.449. The third-order valence-corrected chi connectivity index (χ3v) is 5.98. The van der Waals surface area contributed by atoms with E-state index in [1.807, 2.05) is 0 Å². The van der Waals surface area contributed by atoms with Gasteiger partial charge >= 0.3 is 6.18 Å². The molecule has 0 fully saturated rings. The number of hydrogen-bond acceptors (Lipinski definition) is 6. The van der Waals surface area contributed by atoms with Gasteiger partial charge in [-0.05, 0) is 42.5 Å². The topological polar surface area (TPSA) is 92.1 Å². The summed E-state index contributed by atoms with van der Waals surface area (Å²) in [6.07, 6.45) is -2.91. The molecule has 0 saturated carbocycles. The van der Waals surface area contributed by atoms with Gasteiger partial charge in [-0.2, -0.15) is 18.4 Å². The van der Waals surface area contributed by atoms with Crippen molar-refractivity contribution >= 4 is 27.1 Å². The van der Waals surface area contributed by atoms with Crippen molar-refractivity contribution in [3.63, 3.8) is 0 Å². The SMILES string of the molecule is N#CC(=CNc1ccc(Oc2ncc(C(F)(F)F)cc2Cl)cc1)S(=O)(=O)c1ccccc1. The Balaban J connectivity index is 1.73. The van der Waals surface area contributed by atoms with E-state index in [1.54, 1.807) is 24.3 Å². The van der Waals surface area contributed by atoms with Crippen LogP contribution in [0.5, 0.6) is 11.6 Å². The number of pyridine rings is 1. The molecule has 0 amide bonds. The molecule has 1 heterocycles. The van der Waals surface area contributed by atoms with Crippen molar-refractivity contribution in [2.24, 2.45) is 0 Å². The average Bonchev–Trinajstić information content (AvgIpc) is 2.76. The maximum atomic E-state index is 12.7. The van der Waals surface area contributed by atoms with E-state index in [0.717, 1.165) is 6.20 Å². The number of alkyl halides is 3. The van der Waals surface area contributed by atoms with Crippen LogP contribution in [0.2, 0.25) is 5.02 Å². The molecule has 0 aliphatic rings. The predicted octanol–water partition coefficient (Wildman–Crippen LogP) is 5.80. The predicted molar refractivity (Wildman–Crippen MR) is 112 cm³/mol. The lowest BCUT2D eigenvalue weighted by Gasteiger charge is -2.10. The van der Waals surface area contributed by atoms with Crippen LogP contribution in [-0.4, -0.2) is 13.4 Å². The van der Waals surface area contributed by atoms with Gasteiger partial charge in [0.05, 0.1) is 10.5 Å². The number of ether oxygens (including phenoxy) is 1. The van der Waals surface area contributed by atoms with Gasteiger partial charge in [0.15, 0.2) is 4.91 Å². The van der Waals surface area contributed by atoms with E-state index in [2.05, 4.69) is 10.3 Å². The minimum atomic E-state index is -4.58. The first-order chi connectivity index (χ1) is 15.1. The third-order valence-electron chi connectivity index (χ3n) is 4.03. The number of allylic oxidation sites excluding steroid dienone is 1. The number of anilines is 1. The summed E-state index contributed by atoms with van der Waals surface area (Å²) in [6.45, 7) is 0. The van der Waals surface area contributed by atoms with Crippen LogP contribution >= 0.6 is 11.6 Å². The van der Waals surface area contributed by atoms with Crippen LogP contribution in [0, 0.1) is 11.3 Å². The van der Waals surface area contributed by atoms with Gasteiger partial charge in [0.25, 0.3) is 0 Å². The van der Waals surface area contributed by atoms with E-state index in [9.17, 15) is 26.9 Å². The Morgan fingerprint density at radius 3 is 2.34 bits per heavy atom. The zero-order valence-electron chi connectivity index (χ0n) is 16.0. The highest BCUT2D eigenvalue weighted by atomic mass is 35.5. The van der Waals surface area contributed by atoms with Crippen molar-refractivity contribution < 1.29 is 26.3 Å². The number of halogens is 4. The molecule has 0 saturated heterocycles. The van der Waals surface area contributed by atoms with E-state index >= 15 is 0 Å². The van der Waals surface area contributed by atoms with E-state index in [0.29, 0.717) is 18.0 Å². The fourth-order valence-corrected chi connectivity index (χ4v) is 3.74. The lowest BCUT2D eigenvalue weighted by molar-refractivity contribution is -0.137. The highest BCUT2D eigenvalue weighted by molar-refractivity contribution is 7.95. The summed E-state index contributed by atoms with van der Waals surface area (Å²) in [6, 6.07) is 15.8. The Bertz CT molecular complexity index is 1290. The number of nitrogens with one attached hydrogen (secondary N) is 1. The first-order valence-corrected chi connectivity index (χ1v) is 10.6. The number of rotatable bonds is 6. The Morgan fingerprint density at radius 2 is 1.78 bits per heavy atom. The number of benzene rings is 2. The Hall–Kier alpha value is -3.55. The molecule has 0 bridgehead atoms. The smallest absolute Gasteiger partial charge is 0.417 e. The number of nitriles is 1. The van der Waals surface area contributed by atoms with Crippen molar-refractivity contribution in [2.45, 2.75) is 11.1 Å². The monoisotopic (exact) mass is 479 g/mol. The fourth-order valence-electron chi connectivity index (χ4n) is 2.43. The molecule has 0 radical (unpaired) electrons. The standard InChI is InChI=1S/C21H13ClF3N3O3S/c22-19-10-14(21(23,24)25)12-28-20(19)31-16-8-6-15(7-9-16)27-13-18(11-26)32(29,30)17-4-2-1-3-5-17/h1-10,12-13,27H. The molecule has 2 aromatic carbocycles. The molecule has 164 valence electrons. The molecule has 3 aromatic rings. The van der Waals surface area contributed by atoms with Gasteiger partial charge in [0.2, 0.25) is 15.7 Å². The van der Waals surface area contributed by atoms with Crippen LogP contribution in [-0.2, 0) is 16.0 Å². The fraction of sp³-hybridized carbons (Fsp3) is 0.0476. The molecule has 0 aliphatic heterocycles. The van der Waals surface area contributed by atoms with Gasteiger partial charge in [0.1, 0.15) is 16.8 Å². The minimum Gasteiger partial charge on any atom is -0.438 e. The van der Waals surface area contributed by atoms with E-state index < -0.39 is 26.5 Å². The van der Waals surface area contributed by atoms with Crippen molar-refractivity contribution in [3.05, 3.63) is 88.6 Å². The molecule has 11 heteroatoms. The lowest BCUT2D eigenvalue weighted by atomic mass is 10.3. The minimum absolute atomic E-state index is 0.0146. The summed E-state index contributed by atoms with van der Waals surface area (Å²) in [4.78, 5) is 3.09. The molecule has 0 aliphatic carbocycles. The van der Waals surface area contributed by atoms with Gasteiger partial charge in [0, 0.05) is 18.1 Å². The molecule has 32 heavy (non-hydrogen) atoms. The number of sulfone groups is 1. The average molecular weight is 480 g/mol. The number of hydrogen-bond donors (Lipinski definition) is 1. The molecule has 0 spiro atoms. The molecule has 3 rings (SSSR count). The van der Waals surface area contributed by atoms with Crippen molar-refractivity contribution in [2.75, 3.05) is 5.32 Å². The zero-order chi connectivity index (χ0) is 23.4. The first-order valence-electron chi connectivity index (χ1n) is 8.79. The normalized spacial score (nSPS) is 12.2. The second-order valence-corrected chi connectivity index (χ2v) is 8.54. The van der Waals surface area contributed by atoms with Crippen LogP contribution in [0.25, 0.3) is 0 Å². The molecule has 0 unspecified atom stereocenters. The first kappa shape index (κ1) is 23.1. The summed E-state index contributed by atoms with van der Waals surface area (Å²) < 4.78 is 68.5. The summed E-state index contributed by atoms with van der Waals surface area (Å²) in [5, 5.41) is 11.7. The molecule has 6 nitrogen and oxygen atoms in total. The van der Waals surface area contributed by atoms with Crippen LogP contribution in [0.4, 0.5) is 18.9 Å². The summed E-state index contributed by atoms with van der Waals surface area (Å²) >= 11 is 5.82. The van der Waals surface area contributed by atoms with Crippen LogP contribution in [0.15, 0.2) is 82.9 Å². The molecular formula is C21H13ClF3N3O3S. The van der Waals surface area contributed by atoms with E-state index in [4.69, 9.17) is 16.3 Å². The van der Waals surface area contributed by atoms with Crippen LogP contribution in [0.1, 0.15) is 5.56 Å². The lowest BCUT2D eigenvalue weighted by Crippen LogP contribution is -2.06. The van der Waals surface area contributed by atoms with Crippen molar-refractivity contribution in [1.29, 1.82) is 5.26 Å². The van der Waals surface area contributed by atoms with Crippen molar-refractivity contribution in [1.82, 2.24) is 4.98 Å². The van der Waals surface area contributed by atoms with Gasteiger partial charge in [-0.3, -0.25) is 0 Å². The van der Waals surface area contributed by atoms with Crippen molar-refractivity contribution in [3.8, 4) is 17.7 Å². The van der Waals surface area contributed by atoms with E-state index in [-0.39, 0.29) is 21.5 Å². The Kier molecular flexibility index (Phi) is 6.72. The van der Waals surface area contributed by atoms with Gasteiger partial charge in [-0.15, -0.1) is 0 Å². The summed E-state index contributed by atoms with van der Waals surface area (Å²) in [7, 11) is -3.98. The highest BCUT2D eigenvalue weighted by Crippen LogP contribution is 2.34. The molecule has 1 N–H and O–H groups in total. The second-order valence-electron chi connectivity index (χ2n) is 6.22. The highest BCUT2D eigenvalue weighted by Gasteiger charge is 2.31.